The summed E-state index contributed by atoms with van der Waals surface area (Å²) < 4.78 is 14.3. The van der Waals surface area contributed by atoms with Crippen molar-refractivity contribution in [2.24, 2.45) is 0 Å². The van der Waals surface area contributed by atoms with Crippen molar-refractivity contribution >= 4 is 17.4 Å². The third-order valence-corrected chi connectivity index (χ3v) is 3.84. The van der Waals surface area contributed by atoms with Gasteiger partial charge in [-0.25, -0.2) is 4.39 Å². The van der Waals surface area contributed by atoms with Crippen molar-refractivity contribution in [1.29, 1.82) is 0 Å². The summed E-state index contributed by atoms with van der Waals surface area (Å²) in [5.41, 5.74) is 1.21. The van der Waals surface area contributed by atoms with Gasteiger partial charge in [0.1, 0.15) is 5.82 Å². The van der Waals surface area contributed by atoms with Crippen LogP contribution < -0.4 is 0 Å². The van der Waals surface area contributed by atoms with Crippen LogP contribution >= 0.6 is 11.6 Å². The number of Topliss-reactive ketones (excluding diaryl/α,β-unsaturated/α-hetero) is 1. The van der Waals surface area contributed by atoms with Crippen LogP contribution in [0.4, 0.5) is 4.39 Å². The lowest BCUT2D eigenvalue weighted by atomic mass is 9.80. The minimum Gasteiger partial charge on any atom is -0.297 e. The lowest BCUT2D eigenvalue weighted by Gasteiger charge is -2.23. The first-order chi connectivity index (χ1) is 9.46. The van der Waals surface area contributed by atoms with E-state index in [-0.39, 0.29) is 17.5 Å². The van der Waals surface area contributed by atoms with Crippen LogP contribution in [-0.4, -0.2) is 11.7 Å². The monoisotopic (exact) mass is 290 g/mol. The summed E-state index contributed by atoms with van der Waals surface area (Å²) in [6, 6.07) is 14.2. The fourth-order valence-electron chi connectivity index (χ4n) is 2.08. The molecule has 0 N–H and O–H groups in total. The van der Waals surface area contributed by atoms with Crippen LogP contribution in [0.15, 0.2) is 48.5 Å². The molecule has 0 atom stereocenters. The van der Waals surface area contributed by atoms with Crippen molar-refractivity contribution in [2.75, 3.05) is 5.88 Å². The average Bonchev–Trinajstić information content (AvgIpc) is 2.47. The van der Waals surface area contributed by atoms with Gasteiger partial charge in [0.05, 0.1) is 5.88 Å². The molecule has 0 saturated carbocycles. The third-order valence-electron chi connectivity index (χ3n) is 3.59. The number of ketones is 1. The number of carbonyl (C=O) groups excluding carboxylic acids is 1. The molecule has 0 bridgehead atoms. The van der Waals surface area contributed by atoms with Crippen molar-refractivity contribution in [2.45, 2.75) is 19.3 Å². The maximum Gasteiger partial charge on any atom is 0.157 e. The van der Waals surface area contributed by atoms with Crippen LogP contribution in [0.5, 0.6) is 0 Å². The van der Waals surface area contributed by atoms with E-state index in [1.54, 1.807) is 26.0 Å². The van der Waals surface area contributed by atoms with Gasteiger partial charge >= 0.3 is 0 Å². The first-order valence-electron chi connectivity index (χ1n) is 6.41. The Morgan fingerprint density at radius 1 is 1.15 bits per heavy atom. The minimum atomic E-state index is -0.780. The van der Waals surface area contributed by atoms with Gasteiger partial charge in [0.2, 0.25) is 0 Å². The number of rotatable bonds is 4. The maximum absolute atomic E-state index is 14.3. The zero-order valence-corrected chi connectivity index (χ0v) is 12.2. The average molecular weight is 291 g/mol. The van der Waals surface area contributed by atoms with Gasteiger partial charge in [-0.1, -0.05) is 42.5 Å². The number of halogens is 2. The molecule has 104 valence electrons. The topological polar surface area (TPSA) is 17.1 Å². The Morgan fingerprint density at radius 3 is 2.35 bits per heavy atom. The first-order valence-corrected chi connectivity index (χ1v) is 6.95. The first kappa shape index (κ1) is 14.7. The highest BCUT2D eigenvalue weighted by atomic mass is 35.5. The van der Waals surface area contributed by atoms with Gasteiger partial charge < -0.3 is 0 Å². The summed E-state index contributed by atoms with van der Waals surface area (Å²) >= 11 is 5.61. The van der Waals surface area contributed by atoms with Crippen molar-refractivity contribution in [3.63, 3.8) is 0 Å². The Hall–Kier alpha value is -1.67. The molecule has 0 heterocycles. The molecule has 0 aliphatic rings. The Morgan fingerprint density at radius 2 is 1.80 bits per heavy atom. The van der Waals surface area contributed by atoms with E-state index in [4.69, 9.17) is 11.6 Å². The molecule has 2 rings (SSSR count). The largest absolute Gasteiger partial charge is 0.297 e. The number of hydrogen-bond donors (Lipinski definition) is 0. The zero-order chi connectivity index (χ0) is 14.8. The molecular formula is C17H16ClFO. The molecule has 0 unspecified atom stereocenters. The van der Waals surface area contributed by atoms with Gasteiger partial charge in [0, 0.05) is 11.0 Å². The third kappa shape index (κ3) is 2.75. The van der Waals surface area contributed by atoms with Gasteiger partial charge in [-0.15, -0.1) is 11.6 Å². The molecule has 0 saturated heterocycles. The lowest BCUT2D eigenvalue weighted by molar-refractivity contribution is -0.121. The maximum atomic E-state index is 14.3. The summed E-state index contributed by atoms with van der Waals surface area (Å²) in [6.45, 7) is 3.52. The van der Waals surface area contributed by atoms with Gasteiger partial charge in [-0.05, 0) is 31.0 Å². The van der Waals surface area contributed by atoms with Gasteiger partial charge in [0.15, 0.2) is 5.78 Å². The fourth-order valence-corrected chi connectivity index (χ4v) is 2.42. The molecule has 0 amide bonds. The summed E-state index contributed by atoms with van der Waals surface area (Å²) in [6.07, 6.45) is 0. The molecule has 1 nitrogen and oxygen atoms in total. The summed E-state index contributed by atoms with van der Waals surface area (Å²) in [5, 5.41) is 0. The molecule has 0 fully saturated rings. The highest BCUT2D eigenvalue weighted by molar-refractivity contribution is 6.28. The molecule has 3 heteroatoms. The standard InChI is InChI=1S/C17H16ClFO/c1-17(2,16(20)11-18)13-8-9-14(15(19)10-13)12-6-4-3-5-7-12/h3-10H,11H2,1-2H3. The highest BCUT2D eigenvalue weighted by Crippen LogP contribution is 2.30. The van der Waals surface area contributed by atoms with Crippen LogP contribution in [0.1, 0.15) is 19.4 Å². The minimum absolute atomic E-state index is 0.0743. The van der Waals surface area contributed by atoms with E-state index < -0.39 is 5.41 Å². The van der Waals surface area contributed by atoms with Crippen LogP contribution in [-0.2, 0) is 10.2 Å². The molecule has 0 aliphatic carbocycles. The quantitative estimate of drug-likeness (QED) is 0.753. The highest BCUT2D eigenvalue weighted by Gasteiger charge is 2.29. The second-order valence-corrected chi connectivity index (χ2v) is 5.51. The van der Waals surface area contributed by atoms with Gasteiger partial charge in [-0.3, -0.25) is 4.79 Å². The van der Waals surface area contributed by atoms with Crippen molar-refractivity contribution < 1.29 is 9.18 Å². The fraction of sp³-hybridized carbons (Fsp3) is 0.235. The van der Waals surface area contributed by atoms with E-state index in [1.807, 2.05) is 30.3 Å². The molecule has 0 radical (unpaired) electrons. The van der Waals surface area contributed by atoms with E-state index in [0.717, 1.165) is 5.56 Å². The van der Waals surface area contributed by atoms with Crippen LogP contribution in [0.3, 0.4) is 0 Å². The molecule has 0 aromatic heterocycles. The van der Waals surface area contributed by atoms with E-state index in [1.165, 1.54) is 6.07 Å². The second kappa shape index (κ2) is 5.76. The van der Waals surface area contributed by atoms with Crippen LogP contribution in [0.25, 0.3) is 11.1 Å². The zero-order valence-electron chi connectivity index (χ0n) is 11.5. The molecule has 0 spiro atoms. The van der Waals surface area contributed by atoms with Crippen LogP contribution in [0.2, 0.25) is 0 Å². The van der Waals surface area contributed by atoms with Gasteiger partial charge in [-0.2, -0.15) is 0 Å². The van der Waals surface area contributed by atoms with E-state index in [2.05, 4.69) is 0 Å². The second-order valence-electron chi connectivity index (χ2n) is 5.24. The Kier molecular flexibility index (Phi) is 4.24. The smallest absolute Gasteiger partial charge is 0.157 e. The number of hydrogen-bond acceptors (Lipinski definition) is 1. The van der Waals surface area contributed by atoms with E-state index in [9.17, 15) is 9.18 Å². The predicted octanol–water partition coefficient (Wildman–Crippen LogP) is 4.58. The Labute approximate surface area is 123 Å². The van der Waals surface area contributed by atoms with E-state index in [0.29, 0.717) is 11.1 Å². The molecule has 2 aromatic rings. The lowest BCUT2D eigenvalue weighted by Crippen LogP contribution is -2.30. The summed E-state index contributed by atoms with van der Waals surface area (Å²) in [4.78, 5) is 11.8. The van der Waals surface area contributed by atoms with Crippen molar-refractivity contribution in [3.8, 4) is 11.1 Å². The van der Waals surface area contributed by atoms with Gasteiger partial charge in [0.25, 0.3) is 0 Å². The number of benzene rings is 2. The molecule has 2 aromatic carbocycles. The number of alkyl halides is 1. The van der Waals surface area contributed by atoms with Crippen molar-refractivity contribution in [3.05, 3.63) is 59.9 Å². The van der Waals surface area contributed by atoms with Crippen molar-refractivity contribution in [1.82, 2.24) is 0 Å². The molecular weight excluding hydrogens is 275 g/mol. The SMILES string of the molecule is CC(C)(C(=O)CCl)c1ccc(-c2ccccc2)c(F)c1. The summed E-state index contributed by atoms with van der Waals surface area (Å²) in [7, 11) is 0. The molecule has 20 heavy (non-hydrogen) atoms. The molecule has 0 aliphatic heterocycles. The normalized spacial score (nSPS) is 11.4. The predicted molar refractivity (Wildman–Crippen MR) is 80.6 cm³/mol. The van der Waals surface area contributed by atoms with E-state index >= 15 is 0 Å². The Bertz CT molecular complexity index is 620. The summed E-state index contributed by atoms with van der Waals surface area (Å²) in [5.74, 6) is -0.523. The van der Waals surface area contributed by atoms with Crippen LogP contribution in [0, 0.1) is 5.82 Å². The number of carbonyl (C=O) groups is 1. The Balaban J connectivity index is 2.43.